The second-order valence-corrected chi connectivity index (χ2v) is 8.24. The Balaban J connectivity index is 1.60. The Kier molecular flexibility index (Phi) is 7.63. The quantitative estimate of drug-likeness (QED) is 0.465. The molecule has 160 valence electrons. The highest BCUT2D eigenvalue weighted by Gasteiger charge is 2.28. The summed E-state index contributed by atoms with van der Waals surface area (Å²) in [6.07, 6.45) is 0.345. The number of likely N-dealkylation sites (tertiary alicyclic amines) is 1. The zero-order chi connectivity index (χ0) is 21.5. The van der Waals surface area contributed by atoms with Crippen LogP contribution in [0.5, 0.6) is 0 Å². The molecule has 5 heteroatoms. The first-order valence-electron chi connectivity index (χ1n) is 10.7. The standard InChI is InChI=1S/C25H31NO4/c1-18(2)29-25(28)30-23(20-9-5-4-6-10-20)17-26-14-12-21(13-15-26)24(27)22-11-7-8-19(3)16-22/h4-11,16,18,21,23H,12-15,17H2,1-3H3. The Bertz CT molecular complexity index is 841. The molecule has 1 aliphatic rings. The van der Waals surface area contributed by atoms with Gasteiger partial charge in [-0.15, -0.1) is 0 Å². The van der Waals surface area contributed by atoms with Crippen molar-refractivity contribution in [2.24, 2.45) is 5.92 Å². The first-order chi connectivity index (χ1) is 14.4. The minimum Gasteiger partial charge on any atom is -0.432 e. The summed E-state index contributed by atoms with van der Waals surface area (Å²) in [5.74, 6) is 0.278. The number of ether oxygens (including phenoxy) is 2. The fourth-order valence-corrected chi connectivity index (χ4v) is 3.86. The third kappa shape index (κ3) is 6.17. The van der Waals surface area contributed by atoms with Gasteiger partial charge >= 0.3 is 6.16 Å². The number of rotatable bonds is 7. The molecule has 3 rings (SSSR count). The van der Waals surface area contributed by atoms with Gasteiger partial charge in [0.15, 0.2) is 5.78 Å². The van der Waals surface area contributed by atoms with Gasteiger partial charge in [0.2, 0.25) is 0 Å². The fraction of sp³-hybridized carbons (Fsp3) is 0.440. The lowest BCUT2D eigenvalue weighted by atomic mass is 9.88. The van der Waals surface area contributed by atoms with Crippen LogP contribution in [0.15, 0.2) is 54.6 Å². The van der Waals surface area contributed by atoms with Gasteiger partial charge in [-0.2, -0.15) is 0 Å². The molecular weight excluding hydrogens is 378 g/mol. The van der Waals surface area contributed by atoms with Crippen molar-refractivity contribution in [3.05, 3.63) is 71.3 Å². The fourth-order valence-electron chi connectivity index (χ4n) is 3.86. The number of carbonyl (C=O) groups is 2. The number of benzene rings is 2. The number of Topliss-reactive ketones (excluding diaryl/α,β-unsaturated/α-hetero) is 1. The average molecular weight is 410 g/mol. The van der Waals surface area contributed by atoms with Crippen LogP contribution in [-0.4, -0.2) is 42.6 Å². The Hall–Kier alpha value is -2.66. The number of aryl methyl sites for hydroxylation is 1. The van der Waals surface area contributed by atoms with E-state index in [0.717, 1.165) is 42.6 Å². The monoisotopic (exact) mass is 409 g/mol. The lowest BCUT2D eigenvalue weighted by Crippen LogP contribution is -2.39. The Morgan fingerprint density at radius 2 is 1.70 bits per heavy atom. The van der Waals surface area contributed by atoms with Crippen LogP contribution in [0.4, 0.5) is 4.79 Å². The van der Waals surface area contributed by atoms with Gasteiger partial charge in [0, 0.05) is 18.0 Å². The van der Waals surface area contributed by atoms with Gasteiger partial charge in [-0.3, -0.25) is 9.69 Å². The van der Waals surface area contributed by atoms with Gasteiger partial charge < -0.3 is 9.47 Å². The largest absolute Gasteiger partial charge is 0.509 e. The van der Waals surface area contributed by atoms with Crippen LogP contribution in [0, 0.1) is 12.8 Å². The summed E-state index contributed by atoms with van der Waals surface area (Å²) in [6, 6.07) is 17.6. The Labute approximate surface area is 179 Å². The maximum atomic E-state index is 12.8. The van der Waals surface area contributed by atoms with Crippen molar-refractivity contribution >= 4 is 11.9 Å². The molecule has 1 heterocycles. The minimum atomic E-state index is -0.650. The van der Waals surface area contributed by atoms with E-state index in [9.17, 15) is 9.59 Å². The normalized spacial score (nSPS) is 16.3. The van der Waals surface area contributed by atoms with Gasteiger partial charge in [0.1, 0.15) is 6.10 Å². The van der Waals surface area contributed by atoms with Crippen molar-refractivity contribution in [3.63, 3.8) is 0 Å². The molecule has 0 bridgehead atoms. The number of piperidine rings is 1. The van der Waals surface area contributed by atoms with Crippen LogP contribution in [0.25, 0.3) is 0 Å². The maximum Gasteiger partial charge on any atom is 0.509 e. The second-order valence-electron chi connectivity index (χ2n) is 8.24. The van der Waals surface area contributed by atoms with E-state index in [-0.39, 0.29) is 17.8 Å². The molecule has 1 fully saturated rings. The molecule has 30 heavy (non-hydrogen) atoms. The van der Waals surface area contributed by atoms with Crippen molar-refractivity contribution in [2.45, 2.75) is 45.8 Å². The molecule has 1 aliphatic heterocycles. The Morgan fingerprint density at radius 1 is 1.00 bits per heavy atom. The van der Waals surface area contributed by atoms with E-state index < -0.39 is 12.3 Å². The van der Waals surface area contributed by atoms with Crippen LogP contribution < -0.4 is 0 Å². The van der Waals surface area contributed by atoms with E-state index in [1.165, 1.54) is 0 Å². The SMILES string of the molecule is Cc1cccc(C(=O)C2CCN(CC(OC(=O)OC(C)C)c3ccccc3)CC2)c1. The highest BCUT2D eigenvalue weighted by Crippen LogP contribution is 2.26. The summed E-state index contributed by atoms with van der Waals surface area (Å²) in [5.41, 5.74) is 2.85. The molecule has 1 unspecified atom stereocenters. The number of hydrogen-bond acceptors (Lipinski definition) is 5. The van der Waals surface area contributed by atoms with Crippen LogP contribution in [0.1, 0.15) is 54.3 Å². The smallest absolute Gasteiger partial charge is 0.432 e. The van der Waals surface area contributed by atoms with E-state index in [1.54, 1.807) is 13.8 Å². The third-order valence-corrected chi connectivity index (χ3v) is 5.43. The van der Waals surface area contributed by atoms with Crippen molar-refractivity contribution in [2.75, 3.05) is 19.6 Å². The van der Waals surface area contributed by atoms with Crippen LogP contribution in [-0.2, 0) is 9.47 Å². The molecule has 1 saturated heterocycles. The van der Waals surface area contributed by atoms with Gasteiger partial charge in [0.25, 0.3) is 0 Å². The van der Waals surface area contributed by atoms with Crippen LogP contribution in [0.3, 0.4) is 0 Å². The molecule has 5 nitrogen and oxygen atoms in total. The predicted molar refractivity (Wildman–Crippen MR) is 117 cm³/mol. The van der Waals surface area contributed by atoms with E-state index in [2.05, 4.69) is 4.90 Å². The number of nitrogens with zero attached hydrogens (tertiary/aromatic N) is 1. The number of ketones is 1. The highest BCUT2D eigenvalue weighted by molar-refractivity contribution is 5.98. The average Bonchev–Trinajstić information content (AvgIpc) is 2.73. The summed E-state index contributed by atoms with van der Waals surface area (Å²) in [5, 5.41) is 0. The molecule has 0 saturated carbocycles. The molecular formula is C25H31NO4. The molecule has 2 aromatic rings. The molecule has 0 radical (unpaired) electrons. The van der Waals surface area contributed by atoms with E-state index >= 15 is 0 Å². The van der Waals surface area contributed by atoms with Gasteiger partial charge in [-0.25, -0.2) is 4.79 Å². The number of carbonyl (C=O) groups excluding carboxylic acids is 2. The van der Waals surface area contributed by atoms with Gasteiger partial charge in [-0.1, -0.05) is 54.1 Å². The molecule has 0 N–H and O–H groups in total. The summed E-state index contributed by atoms with van der Waals surface area (Å²) < 4.78 is 10.8. The summed E-state index contributed by atoms with van der Waals surface area (Å²) in [4.78, 5) is 27.2. The van der Waals surface area contributed by atoms with Crippen molar-refractivity contribution in [1.82, 2.24) is 4.90 Å². The van der Waals surface area contributed by atoms with Crippen molar-refractivity contribution in [1.29, 1.82) is 0 Å². The molecule has 2 aromatic carbocycles. The number of hydrogen-bond donors (Lipinski definition) is 0. The lowest BCUT2D eigenvalue weighted by molar-refractivity contribution is -0.00711. The first-order valence-corrected chi connectivity index (χ1v) is 10.7. The maximum absolute atomic E-state index is 12.8. The molecule has 0 amide bonds. The lowest BCUT2D eigenvalue weighted by Gasteiger charge is -2.33. The third-order valence-electron chi connectivity index (χ3n) is 5.43. The first kappa shape index (κ1) is 22.0. The second kappa shape index (κ2) is 10.4. The zero-order valence-electron chi connectivity index (χ0n) is 18.0. The van der Waals surface area contributed by atoms with Crippen molar-refractivity contribution < 1.29 is 19.1 Å². The summed E-state index contributed by atoms with van der Waals surface area (Å²) in [7, 11) is 0. The highest BCUT2D eigenvalue weighted by atomic mass is 16.7. The minimum absolute atomic E-state index is 0.0463. The molecule has 0 spiro atoms. The van der Waals surface area contributed by atoms with E-state index in [1.807, 2.05) is 61.5 Å². The van der Waals surface area contributed by atoms with E-state index in [4.69, 9.17) is 9.47 Å². The Morgan fingerprint density at radius 3 is 2.33 bits per heavy atom. The predicted octanol–water partition coefficient (Wildman–Crippen LogP) is 5.19. The zero-order valence-corrected chi connectivity index (χ0v) is 18.0. The van der Waals surface area contributed by atoms with Crippen molar-refractivity contribution in [3.8, 4) is 0 Å². The topological polar surface area (TPSA) is 55.8 Å². The molecule has 1 atom stereocenters. The van der Waals surface area contributed by atoms with Crippen LogP contribution >= 0.6 is 0 Å². The van der Waals surface area contributed by atoms with E-state index in [0.29, 0.717) is 6.54 Å². The summed E-state index contributed by atoms with van der Waals surface area (Å²) >= 11 is 0. The molecule has 0 aliphatic carbocycles. The van der Waals surface area contributed by atoms with Gasteiger partial charge in [-0.05, 0) is 58.3 Å². The van der Waals surface area contributed by atoms with Crippen LogP contribution in [0.2, 0.25) is 0 Å². The molecule has 0 aromatic heterocycles. The van der Waals surface area contributed by atoms with Gasteiger partial charge in [0.05, 0.1) is 6.10 Å². The summed E-state index contributed by atoms with van der Waals surface area (Å²) in [6.45, 7) is 7.79.